The van der Waals surface area contributed by atoms with Crippen molar-refractivity contribution in [3.05, 3.63) is 35.9 Å². The van der Waals surface area contributed by atoms with E-state index in [0.29, 0.717) is 0 Å². The van der Waals surface area contributed by atoms with Gasteiger partial charge in [-0.2, -0.15) is 0 Å². The topological polar surface area (TPSA) is 21.6 Å². The molecule has 1 heterocycles. The molecule has 1 fully saturated rings. The molecule has 0 bridgehead atoms. The molecule has 0 N–H and O–H groups in total. The van der Waals surface area contributed by atoms with Crippen molar-refractivity contribution in [1.82, 2.24) is 0 Å². The Morgan fingerprint density at radius 3 is 2.52 bits per heavy atom. The first-order valence-corrected chi connectivity index (χ1v) is 8.45. The summed E-state index contributed by atoms with van der Waals surface area (Å²) in [6.45, 7) is 4.69. The lowest BCUT2D eigenvalue weighted by atomic mass is 9.73. The summed E-state index contributed by atoms with van der Waals surface area (Å²) >= 11 is 0. The van der Waals surface area contributed by atoms with Gasteiger partial charge in [0.2, 0.25) is 0 Å². The monoisotopic (exact) mass is 285 g/mol. The summed E-state index contributed by atoms with van der Waals surface area (Å²) < 4.78 is 0. The highest BCUT2D eigenvalue weighted by molar-refractivity contribution is 5.86. The molecule has 0 aromatic heterocycles. The van der Waals surface area contributed by atoms with Crippen LogP contribution in [0.3, 0.4) is 0 Å². The van der Waals surface area contributed by atoms with E-state index in [1.165, 1.54) is 37.0 Å². The van der Waals surface area contributed by atoms with E-state index < -0.39 is 0 Å². The molecule has 1 aromatic rings. The zero-order valence-corrected chi connectivity index (χ0v) is 13.3. The van der Waals surface area contributed by atoms with Crippen molar-refractivity contribution in [3.8, 4) is 0 Å². The van der Waals surface area contributed by atoms with Crippen LogP contribution in [0, 0.1) is 11.8 Å². The molecule has 2 aliphatic rings. The number of hydrogen-bond donors (Lipinski definition) is 0. The summed E-state index contributed by atoms with van der Waals surface area (Å²) in [5, 5.41) is 4.41. The van der Waals surface area contributed by atoms with Crippen LogP contribution in [0.1, 0.15) is 57.9 Å². The summed E-state index contributed by atoms with van der Waals surface area (Å²) in [4.78, 5) is 5.90. The Morgan fingerprint density at radius 1 is 1.14 bits per heavy atom. The van der Waals surface area contributed by atoms with Gasteiger partial charge in [-0.1, -0.05) is 49.3 Å². The molecule has 0 radical (unpaired) electrons. The van der Waals surface area contributed by atoms with Crippen molar-refractivity contribution in [3.63, 3.8) is 0 Å². The van der Waals surface area contributed by atoms with Gasteiger partial charge >= 0.3 is 0 Å². The van der Waals surface area contributed by atoms with Gasteiger partial charge in [0.25, 0.3) is 0 Å². The Balaban J connectivity index is 1.49. The van der Waals surface area contributed by atoms with Gasteiger partial charge in [0.15, 0.2) is 0 Å². The fourth-order valence-corrected chi connectivity index (χ4v) is 3.77. The van der Waals surface area contributed by atoms with Crippen LogP contribution in [0.25, 0.3) is 0 Å². The van der Waals surface area contributed by atoms with Gasteiger partial charge in [-0.15, -0.1) is 0 Å². The number of rotatable bonds is 4. The van der Waals surface area contributed by atoms with Crippen LogP contribution >= 0.6 is 0 Å². The van der Waals surface area contributed by atoms with Gasteiger partial charge in [-0.05, 0) is 55.9 Å². The van der Waals surface area contributed by atoms with E-state index in [0.717, 1.165) is 31.1 Å². The minimum Gasteiger partial charge on any atom is -0.389 e. The van der Waals surface area contributed by atoms with Crippen LogP contribution < -0.4 is 0 Å². The first-order valence-electron chi connectivity index (χ1n) is 8.45. The Kier molecular flexibility index (Phi) is 4.32. The molecular weight excluding hydrogens is 258 g/mol. The maximum absolute atomic E-state index is 5.90. The highest BCUT2D eigenvalue weighted by atomic mass is 16.7. The SMILES string of the molecule is CC(C)C1CCC2(CC1)CC(CCc1ccccc1)=NO2. The fraction of sp³-hybridized carbons (Fsp3) is 0.632. The summed E-state index contributed by atoms with van der Waals surface area (Å²) in [6, 6.07) is 10.7. The quantitative estimate of drug-likeness (QED) is 0.764. The Morgan fingerprint density at radius 2 is 1.86 bits per heavy atom. The van der Waals surface area contributed by atoms with Crippen molar-refractivity contribution in [1.29, 1.82) is 0 Å². The summed E-state index contributed by atoms with van der Waals surface area (Å²) in [5.74, 6) is 1.69. The Labute approximate surface area is 128 Å². The third-order valence-electron chi connectivity index (χ3n) is 5.32. The minimum atomic E-state index is 0.0530. The number of nitrogens with zero attached hydrogens (tertiary/aromatic N) is 1. The van der Waals surface area contributed by atoms with E-state index in [9.17, 15) is 0 Å². The standard InChI is InChI=1S/C19H27NO/c1-15(2)17-10-12-19(13-11-17)14-18(20-21-19)9-8-16-6-4-3-5-7-16/h3-7,15,17H,8-14H2,1-2H3. The van der Waals surface area contributed by atoms with Gasteiger partial charge in [-0.3, -0.25) is 0 Å². The summed E-state index contributed by atoms with van der Waals surface area (Å²) in [5.41, 5.74) is 2.71. The minimum absolute atomic E-state index is 0.0530. The number of aryl methyl sites for hydroxylation is 1. The van der Waals surface area contributed by atoms with Gasteiger partial charge in [0.1, 0.15) is 5.60 Å². The molecule has 114 valence electrons. The second-order valence-electron chi connectivity index (χ2n) is 7.18. The van der Waals surface area contributed by atoms with E-state index in [2.05, 4.69) is 49.3 Å². The second kappa shape index (κ2) is 6.21. The first-order chi connectivity index (χ1) is 10.2. The third kappa shape index (κ3) is 3.48. The molecule has 1 saturated carbocycles. The Bertz CT molecular complexity index is 484. The van der Waals surface area contributed by atoms with Gasteiger partial charge < -0.3 is 4.84 Å². The highest BCUT2D eigenvalue weighted by Gasteiger charge is 2.42. The number of benzene rings is 1. The number of hydrogen-bond acceptors (Lipinski definition) is 2. The lowest BCUT2D eigenvalue weighted by molar-refractivity contribution is -0.0578. The van der Waals surface area contributed by atoms with E-state index >= 15 is 0 Å². The van der Waals surface area contributed by atoms with Crippen molar-refractivity contribution in [2.24, 2.45) is 17.0 Å². The lowest BCUT2D eigenvalue weighted by Crippen LogP contribution is -2.35. The van der Waals surface area contributed by atoms with E-state index in [4.69, 9.17) is 4.84 Å². The molecule has 1 aliphatic carbocycles. The molecule has 0 unspecified atom stereocenters. The molecule has 0 atom stereocenters. The van der Waals surface area contributed by atoms with Crippen molar-refractivity contribution < 1.29 is 4.84 Å². The van der Waals surface area contributed by atoms with Crippen molar-refractivity contribution in [2.45, 2.75) is 64.4 Å². The van der Waals surface area contributed by atoms with Crippen LogP contribution in [-0.2, 0) is 11.3 Å². The average molecular weight is 285 g/mol. The molecule has 2 heteroatoms. The third-order valence-corrected chi connectivity index (χ3v) is 5.32. The van der Waals surface area contributed by atoms with Gasteiger partial charge in [0.05, 0.1) is 5.71 Å². The molecule has 1 aliphatic heterocycles. The predicted molar refractivity (Wildman–Crippen MR) is 87.4 cm³/mol. The summed E-state index contributed by atoms with van der Waals surface area (Å²) in [7, 11) is 0. The zero-order chi connectivity index (χ0) is 14.7. The highest BCUT2D eigenvalue weighted by Crippen LogP contribution is 2.43. The van der Waals surface area contributed by atoms with Crippen LogP contribution in [0.4, 0.5) is 0 Å². The Hall–Kier alpha value is -1.31. The normalized spacial score (nSPS) is 28.7. The molecule has 0 saturated heterocycles. The molecule has 1 spiro atoms. The molecule has 2 nitrogen and oxygen atoms in total. The molecular formula is C19H27NO. The van der Waals surface area contributed by atoms with E-state index in [1.54, 1.807) is 0 Å². The average Bonchev–Trinajstić information content (AvgIpc) is 2.90. The van der Waals surface area contributed by atoms with E-state index in [-0.39, 0.29) is 5.60 Å². The van der Waals surface area contributed by atoms with Crippen molar-refractivity contribution in [2.75, 3.05) is 0 Å². The maximum Gasteiger partial charge on any atom is 0.143 e. The maximum atomic E-state index is 5.90. The number of oxime groups is 1. The van der Waals surface area contributed by atoms with Crippen molar-refractivity contribution >= 4 is 5.71 Å². The fourth-order valence-electron chi connectivity index (χ4n) is 3.77. The van der Waals surface area contributed by atoms with Gasteiger partial charge in [0, 0.05) is 6.42 Å². The molecule has 3 rings (SSSR count). The van der Waals surface area contributed by atoms with Crippen LogP contribution in [0.5, 0.6) is 0 Å². The van der Waals surface area contributed by atoms with Crippen LogP contribution in [0.15, 0.2) is 35.5 Å². The predicted octanol–water partition coefficient (Wildman–Crippen LogP) is 4.98. The van der Waals surface area contributed by atoms with Gasteiger partial charge in [-0.25, -0.2) is 0 Å². The first kappa shape index (κ1) is 14.6. The van der Waals surface area contributed by atoms with E-state index in [1.807, 2.05) is 0 Å². The van der Waals surface area contributed by atoms with Crippen LogP contribution in [-0.4, -0.2) is 11.3 Å². The van der Waals surface area contributed by atoms with Crippen LogP contribution in [0.2, 0.25) is 0 Å². The lowest BCUT2D eigenvalue weighted by Gasteiger charge is -2.36. The zero-order valence-electron chi connectivity index (χ0n) is 13.3. The summed E-state index contributed by atoms with van der Waals surface area (Å²) in [6.07, 6.45) is 8.17. The molecule has 21 heavy (non-hydrogen) atoms. The molecule has 1 aromatic carbocycles. The molecule has 0 amide bonds. The largest absolute Gasteiger partial charge is 0.389 e. The smallest absolute Gasteiger partial charge is 0.143 e. The second-order valence-corrected chi connectivity index (χ2v) is 7.18.